The minimum Gasteiger partial charge on any atom is -0.455 e. The van der Waals surface area contributed by atoms with Crippen LogP contribution in [0.2, 0.25) is 5.15 Å². The third-order valence-electron chi connectivity index (χ3n) is 18.2. The number of nitrogens with one attached hydrogen (secondary N) is 2. The molecule has 0 saturated carbocycles. The number of halogens is 7. The molecule has 2 amide bonds. The summed E-state index contributed by atoms with van der Waals surface area (Å²) in [5, 5.41) is 26.3. The second-order valence-electron chi connectivity index (χ2n) is 25.0. The van der Waals surface area contributed by atoms with Gasteiger partial charge in [0.25, 0.3) is 11.8 Å². The summed E-state index contributed by atoms with van der Waals surface area (Å²) in [7, 11) is -4.17. The highest BCUT2D eigenvalue weighted by atomic mass is 35.5. The van der Waals surface area contributed by atoms with Crippen LogP contribution in [0.5, 0.6) is 0 Å². The van der Waals surface area contributed by atoms with Gasteiger partial charge in [-0.2, -0.15) is 4.98 Å². The van der Waals surface area contributed by atoms with E-state index in [2.05, 4.69) is 20.6 Å². The monoisotopic (exact) mass is 1480 g/mol. The van der Waals surface area contributed by atoms with Crippen LogP contribution < -0.4 is 24.7 Å². The van der Waals surface area contributed by atoms with E-state index >= 15 is 4.39 Å². The van der Waals surface area contributed by atoms with Gasteiger partial charge in [-0.3, -0.25) is 36.8 Å². The Morgan fingerprint density at radius 3 is 1.54 bits per heavy atom. The summed E-state index contributed by atoms with van der Waals surface area (Å²) >= 11 is 6.05. The Hall–Kier alpha value is -10.7. The first-order valence-corrected chi connectivity index (χ1v) is 36.1. The molecule has 5 aromatic carbocycles. The number of rotatable bonds is 14. The molecule has 2 aliphatic heterocycles. The van der Waals surface area contributed by atoms with E-state index < -0.39 is 68.8 Å². The predicted molar refractivity (Wildman–Crippen MR) is 384 cm³/mol. The van der Waals surface area contributed by atoms with Gasteiger partial charge in [-0.1, -0.05) is 23.7 Å². The van der Waals surface area contributed by atoms with Crippen LogP contribution in [0.4, 0.5) is 37.8 Å². The maximum Gasteiger partial charge on any atom is 0.492 e. The molecular weight excluding hydrogens is 1420 g/mol. The topological polar surface area (TPSA) is 279 Å². The van der Waals surface area contributed by atoms with Crippen molar-refractivity contribution in [3.8, 4) is 33.9 Å². The molecule has 33 heteroatoms. The Balaban J connectivity index is 0.000000143. The first-order valence-electron chi connectivity index (χ1n) is 32.0. The van der Waals surface area contributed by atoms with Gasteiger partial charge in [-0.05, 0) is 121 Å². The number of fused-ring (bicyclic) bond motifs is 12. The van der Waals surface area contributed by atoms with Crippen molar-refractivity contribution in [3.63, 3.8) is 0 Å². The quantitative estimate of drug-likeness (QED) is 0.0447. The van der Waals surface area contributed by atoms with Crippen molar-refractivity contribution in [3.05, 3.63) is 191 Å². The Labute approximate surface area is 592 Å². The molecule has 2 aliphatic rings. The molecule has 23 nitrogen and oxygen atoms in total. The predicted octanol–water partition coefficient (Wildman–Crippen LogP) is 10.4. The zero-order valence-electron chi connectivity index (χ0n) is 55.8. The van der Waals surface area contributed by atoms with E-state index in [0.29, 0.717) is 109 Å². The van der Waals surface area contributed by atoms with Crippen LogP contribution in [-0.4, -0.2) is 169 Å². The molecule has 0 atom stereocenters. The highest BCUT2D eigenvalue weighted by Gasteiger charge is 2.34. The zero-order valence-corrected chi connectivity index (χ0v) is 58.2. The number of hydrogen-bond acceptors (Lipinski definition) is 17. The van der Waals surface area contributed by atoms with Crippen LogP contribution in [0, 0.1) is 23.3 Å². The minimum absolute atomic E-state index is 0.0390. The lowest BCUT2D eigenvalue weighted by Gasteiger charge is -2.34. The molecule has 104 heavy (non-hydrogen) atoms. The number of aromatic nitrogens is 7. The number of hydrogen-bond donors (Lipinski definition) is 4. The summed E-state index contributed by atoms with van der Waals surface area (Å²) in [5.74, 6) is -1.36. The number of carbonyl (C=O) groups is 2. The Kier molecular flexibility index (Phi) is 18.3. The molecule has 532 valence electrons. The molecular formula is C71H59BClF6N13O10S2. The first kappa shape index (κ1) is 70.3. The molecule has 0 spiro atoms. The third-order valence-corrected chi connectivity index (χ3v) is 20.7. The molecule has 16 rings (SSSR count). The SMILES string of the molecule is CNC(=O)c1c(-c2ccc(F)cc2)oc2cc(N(C)S(C)(=O)=O)c(-c3ccc4nc(CN5CC(F)C5)n5c6cccc(F)c6cc5c4n3)cc12.CNC(=O)c1c(-c2ccc(F)cc2)oc2nc(N(C)S(C)(=O)=O)c(B(O)O)cc12.Fc1cccc2c1cc1c3nc(Cl)ccc3nc(CN3CC(F)C3)n21. The van der Waals surface area contributed by atoms with E-state index in [4.69, 9.17) is 35.4 Å². The number of benzene rings is 5. The van der Waals surface area contributed by atoms with E-state index in [0.717, 1.165) is 38.0 Å². The number of likely N-dealkylation sites (tertiary alicyclic amines) is 2. The van der Waals surface area contributed by atoms with Crippen molar-refractivity contribution in [2.24, 2.45) is 0 Å². The second-order valence-corrected chi connectivity index (χ2v) is 29.4. The van der Waals surface area contributed by atoms with Crippen LogP contribution >= 0.6 is 11.6 Å². The van der Waals surface area contributed by atoms with Gasteiger partial charge in [-0.15, -0.1) is 0 Å². The fourth-order valence-electron chi connectivity index (χ4n) is 12.9. The first-order chi connectivity index (χ1) is 49.5. The number of anilines is 2. The van der Waals surface area contributed by atoms with Gasteiger partial charge in [-0.25, -0.2) is 63.1 Å². The molecule has 11 heterocycles. The molecule has 0 radical (unpaired) electrons. The molecule has 0 aliphatic carbocycles. The molecule has 2 fully saturated rings. The standard InChI is InChI=1S/C36H29F3N6O4S.C18H13ClF2N4.C17H17BFN3O6S/c1-40-36(46)33-24-13-23(29(43(2)50(3,47)48)15-31(24)49-35(33)19-7-9-20(37)10-8-19)26-11-12-27-34(42-26)30-14-22-25(39)5-4-6-28(22)45(30)32(41-27)18-44-16-21(38)17-44;19-16-5-4-13-18(23-16)15-6-11-12(21)2-1-3-14(11)25(15)17(22-13)9-24-7-10(20)8-24;1-20-16(23)13-11-8-12(18(24)25)15(22(2)29(3,26)27)21-17(11)28-14(13)9-4-6-10(19)7-5-9/h4-15,21H,16-18H2,1-3H3,(H,40,46);1-6,10H,7-9H2;4-8,24-25H,1-3H3,(H,20,23). The maximum absolute atomic E-state index is 15.1. The molecule has 0 bridgehead atoms. The Morgan fingerprint density at radius 2 is 1.06 bits per heavy atom. The molecule has 4 N–H and O–H groups in total. The fraction of sp³-hybridized carbons (Fsp3) is 0.197. The normalized spacial score (nSPS) is 13.9. The lowest BCUT2D eigenvalue weighted by atomic mass is 9.80. The van der Waals surface area contributed by atoms with Crippen molar-refractivity contribution in [1.82, 2.24) is 54.2 Å². The van der Waals surface area contributed by atoms with Gasteiger partial charge >= 0.3 is 7.12 Å². The maximum atomic E-state index is 15.1. The number of furan rings is 2. The molecule has 9 aromatic heterocycles. The summed E-state index contributed by atoms with van der Waals surface area (Å²) in [6.07, 6.45) is 0.302. The van der Waals surface area contributed by atoms with E-state index in [-0.39, 0.29) is 75.2 Å². The van der Waals surface area contributed by atoms with Gasteiger partial charge in [0.1, 0.15) is 86.4 Å². The zero-order chi connectivity index (χ0) is 73.7. The van der Waals surface area contributed by atoms with E-state index in [1.165, 1.54) is 101 Å². The summed E-state index contributed by atoms with van der Waals surface area (Å²) in [6, 6.07) is 35.2. The van der Waals surface area contributed by atoms with Gasteiger partial charge in [0.2, 0.25) is 25.8 Å². The second kappa shape index (κ2) is 27.1. The minimum atomic E-state index is -3.80. The average Bonchev–Trinajstić information content (AvgIpc) is 1.55. The number of alkyl halides is 2. The number of pyridine rings is 3. The van der Waals surface area contributed by atoms with Crippen molar-refractivity contribution in [2.75, 3.05) is 75.5 Å². The summed E-state index contributed by atoms with van der Waals surface area (Å²) < 4.78 is 151. The lowest BCUT2D eigenvalue weighted by Crippen LogP contribution is -2.47. The van der Waals surface area contributed by atoms with E-state index in [1.54, 1.807) is 60.7 Å². The number of amides is 2. The lowest BCUT2D eigenvalue weighted by molar-refractivity contribution is 0.0566. The van der Waals surface area contributed by atoms with Crippen LogP contribution in [0.3, 0.4) is 0 Å². The van der Waals surface area contributed by atoms with Gasteiger partial charge in [0.05, 0.1) is 86.6 Å². The highest BCUT2D eigenvalue weighted by Crippen LogP contribution is 2.43. The van der Waals surface area contributed by atoms with E-state index in [9.17, 15) is 58.4 Å². The number of sulfonamides is 2. The van der Waals surface area contributed by atoms with Crippen molar-refractivity contribution < 1.29 is 71.6 Å². The van der Waals surface area contributed by atoms with Gasteiger partial charge in [0.15, 0.2) is 0 Å². The largest absolute Gasteiger partial charge is 0.492 e. The summed E-state index contributed by atoms with van der Waals surface area (Å²) in [6.45, 7) is 2.19. The number of carbonyl (C=O) groups excluding carboxylic acids is 2. The summed E-state index contributed by atoms with van der Waals surface area (Å²) in [4.78, 5) is 52.8. The smallest absolute Gasteiger partial charge is 0.455 e. The molecule has 0 unspecified atom stereocenters. The van der Waals surface area contributed by atoms with E-state index in [1.807, 2.05) is 24.7 Å². The van der Waals surface area contributed by atoms with Crippen molar-refractivity contribution in [2.45, 2.75) is 25.4 Å². The van der Waals surface area contributed by atoms with Gasteiger partial charge < -0.3 is 29.5 Å². The molecule has 14 aromatic rings. The van der Waals surface area contributed by atoms with Crippen LogP contribution in [0.1, 0.15) is 32.4 Å². The van der Waals surface area contributed by atoms with Crippen LogP contribution in [0.15, 0.2) is 148 Å². The fourth-order valence-corrected chi connectivity index (χ4v) is 14.0. The van der Waals surface area contributed by atoms with Crippen molar-refractivity contribution >= 4 is 145 Å². The Bertz CT molecular complexity index is 6080. The molecule has 2 saturated heterocycles. The van der Waals surface area contributed by atoms with Crippen LogP contribution in [0.25, 0.3) is 111 Å². The van der Waals surface area contributed by atoms with Crippen molar-refractivity contribution in [1.29, 1.82) is 0 Å². The van der Waals surface area contributed by atoms with Crippen LogP contribution in [-0.2, 0) is 33.1 Å². The summed E-state index contributed by atoms with van der Waals surface area (Å²) in [5.41, 5.74) is 6.72. The van der Waals surface area contributed by atoms with Gasteiger partial charge in [0, 0.05) is 98.7 Å². The third kappa shape index (κ3) is 13.0. The average molecular weight is 1480 g/mol. The Morgan fingerprint density at radius 1 is 0.577 bits per heavy atom. The number of nitrogens with zero attached hydrogens (tertiary/aromatic N) is 11. The highest BCUT2D eigenvalue weighted by molar-refractivity contribution is 7.92.